The molecule has 4 aromatic rings. The third-order valence-electron chi connectivity index (χ3n) is 5.51. The molecule has 0 unspecified atom stereocenters. The first kappa shape index (κ1) is 26.3. The highest BCUT2D eigenvalue weighted by atomic mass is 127. The molecule has 2 aromatic heterocycles. The molecule has 11 heteroatoms. The molecular weight excluding hydrogens is 596 g/mol. The lowest BCUT2D eigenvalue weighted by molar-refractivity contribution is 0.127. The lowest BCUT2D eigenvalue weighted by Gasteiger charge is -2.14. The van der Waals surface area contributed by atoms with Gasteiger partial charge in [-0.3, -0.25) is 0 Å². The van der Waals surface area contributed by atoms with Crippen LogP contribution in [0, 0.1) is 5.82 Å². The molecule has 0 aliphatic rings. The number of amides is 2. The first-order valence-corrected chi connectivity index (χ1v) is 13.8. The van der Waals surface area contributed by atoms with Crippen molar-refractivity contribution in [2.75, 3.05) is 10.6 Å². The van der Waals surface area contributed by atoms with Crippen LogP contribution in [0.25, 0.3) is 10.9 Å². The molecule has 0 fully saturated rings. The van der Waals surface area contributed by atoms with E-state index in [1.165, 1.54) is 0 Å². The molecule has 0 saturated carbocycles. The average molecular weight is 620 g/mol. The van der Waals surface area contributed by atoms with E-state index in [0.29, 0.717) is 30.3 Å². The van der Waals surface area contributed by atoms with Crippen LogP contribution in [0.2, 0.25) is 0 Å². The smallest absolute Gasteiger partial charge is 0.323 e. The van der Waals surface area contributed by atoms with Gasteiger partial charge in [-0.1, -0.05) is 10.6 Å². The zero-order chi connectivity index (χ0) is 26.6. The number of rotatable bonds is 8. The zero-order valence-electron chi connectivity index (χ0n) is 19.8. The van der Waals surface area contributed by atoms with Crippen LogP contribution >= 0.6 is 20.7 Å². The van der Waals surface area contributed by atoms with Crippen molar-refractivity contribution in [1.29, 1.82) is 0 Å². The Labute approximate surface area is 221 Å². The number of hydrogen-bond donors (Lipinski definition) is 3. The van der Waals surface area contributed by atoms with Gasteiger partial charge in [0.2, 0.25) is 0 Å². The quantitative estimate of drug-likeness (QED) is 0.0906. The molecule has 0 saturated heterocycles. The average Bonchev–Trinajstić information content (AvgIpc) is 3.28. The highest BCUT2D eigenvalue weighted by molar-refractivity contribution is 14.2. The summed E-state index contributed by atoms with van der Waals surface area (Å²) in [5, 5.41) is 5.80. The van der Waals surface area contributed by atoms with E-state index in [-0.39, 0.29) is 11.3 Å². The molecule has 0 aliphatic heterocycles. The normalized spacial score (nSPS) is 12.1. The number of carbonyl (C=O) groups is 1. The van der Waals surface area contributed by atoms with Crippen molar-refractivity contribution in [3.05, 3.63) is 83.9 Å². The van der Waals surface area contributed by atoms with Gasteiger partial charge in [-0.15, -0.1) is 0 Å². The third kappa shape index (κ3) is 6.34. The van der Waals surface area contributed by atoms with E-state index < -0.39 is 36.5 Å². The second-order valence-corrected chi connectivity index (χ2v) is 10.3. The Morgan fingerprint density at radius 1 is 1.16 bits per heavy atom. The largest absolute Gasteiger partial charge is 0.387 e. The molecule has 0 aliphatic carbocycles. The summed E-state index contributed by atoms with van der Waals surface area (Å²) in [6, 6.07) is 13.2. The van der Waals surface area contributed by atoms with Crippen LogP contribution in [0.4, 0.5) is 35.2 Å². The number of amidine groups is 1. The molecular formula is C26H24F3IN6O. The first-order valence-electron chi connectivity index (χ1n) is 11.2. The number of aliphatic imine (C=N–C) groups is 1. The summed E-state index contributed by atoms with van der Waals surface area (Å²) in [5.41, 5.74) is 7.36. The Morgan fingerprint density at radius 2 is 1.95 bits per heavy atom. The van der Waals surface area contributed by atoms with Crippen LogP contribution in [0.3, 0.4) is 0 Å². The lowest BCUT2D eigenvalue weighted by Crippen LogP contribution is -2.20. The minimum absolute atomic E-state index is 0.331. The SMILES string of the molecule is C=IC(F)(F)c1ccc(F)c(NC(=O)Nc2cccc3c2ccn3CCc2ccnc(N=C(C)N)c2)c1. The number of fused-ring (bicyclic) bond motifs is 1. The Hall–Kier alpha value is -3.74. The summed E-state index contributed by atoms with van der Waals surface area (Å²) >= 11 is -1.69. The molecule has 2 aromatic carbocycles. The van der Waals surface area contributed by atoms with Crippen molar-refractivity contribution in [3.8, 4) is 0 Å². The van der Waals surface area contributed by atoms with Crippen molar-refractivity contribution < 1.29 is 18.0 Å². The van der Waals surface area contributed by atoms with Crippen LogP contribution in [0.1, 0.15) is 18.1 Å². The number of carbonyl (C=O) groups excluding carboxylic acids is 1. The maximum atomic E-state index is 14.2. The van der Waals surface area contributed by atoms with Gasteiger partial charge >= 0.3 is 9.96 Å². The van der Waals surface area contributed by atoms with Gasteiger partial charge in [0.25, 0.3) is 0 Å². The third-order valence-corrected chi connectivity index (χ3v) is 7.09. The fourth-order valence-electron chi connectivity index (χ4n) is 3.79. The zero-order valence-corrected chi connectivity index (χ0v) is 22.0. The van der Waals surface area contributed by atoms with E-state index >= 15 is 0 Å². The van der Waals surface area contributed by atoms with Gasteiger partial charge < -0.3 is 20.9 Å². The van der Waals surface area contributed by atoms with Gasteiger partial charge in [-0.05, 0) is 88.2 Å². The maximum Gasteiger partial charge on any atom is 0.323 e. The maximum absolute atomic E-state index is 14.2. The Morgan fingerprint density at radius 3 is 2.70 bits per heavy atom. The lowest BCUT2D eigenvalue weighted by atomic mass is 10.2. The van der Waals surface area contributed by atoms with Crippen molar-refractivity contribution in [3.63, 3.8) is 0 Å². The van der Waals surface area contributed by atoms with Crippen molar-refractivity contribution in [1.82, 2.24) is 9.55 Å². The number of urea groups is 1. The van der Waals surface area contributed by atoms with Crippen molar-refractivity contribution in [2.24, 2.45) is 10.7 Å². The summed E-state index contributed by atoms with van der Waals surface area (Å²) in [7, 11) is 0. The minimum Gasteiger partial charge on any atom is -0.387 e. The number of pyridine rings is 1. The van der Waals surface area contributed by atoms with Crippen LogP contribution in [-0.4, -0.2) is 25.9 Å². The van der Waals surface area contributed by atoms with E-state index in [9.17, 15) is 18.0 Å². The molecule has 0 atom stereocenters. The second-order valence-electron chi connectivity index (χ2n) is 8.18. The Balaban J connectivity index is 1.49. The van der Waals surface area contributed by atoms with Crippen molar-refractivity contribution in [2.45, 2.75) is 23.8 Å². The molecule has 4 rings (SSSR count). The summed E-state index contributed by atoms with van der Waals surface area (Å²) < 4.78 is 44.5. The fraction of sp³-hybridized carbons (Fsp3) is 0.154. The Kier molecular flexibility index (Phi) is 7.91. The van der Waals surface area contributed by atoms with Gasteiger partial charge in [-0.2, -0.15) is 8.78 Å². The number of alkyl halides is 3. The van der Waals surface area contributed by atoms with Crippen molar-refractivity contribution >= 4 is 65.2 Å². The highest BCUT2D eigenvalue weighted by Gasteiger charge is 2.29. The summed E-state index contributed by atoms with van der Waals surface area (Å²) in [6.45, 7) is 2.36. The standard InChI is InChI=1S/C26H24F3IN6O/c1-16(31)33-24-14-17(8-11-32-24)9-12-36-13-10-19-21(4-3-5-23(19)36)34-25(37)35-22-15-18(6-7-20(22)27)26(28,29)30-2/h3-8,10-11,13-15H,2,9,12H2,1H3,(H2,31,32,33)(H2,34,35,37). The molecule has 0 bridgehead atoms. The van der Waals surface area contributed by atoms with Gasteiger partial charge in [-0.25, -0.2) is 19.2 Å². The minimum atomic E-state index is -3.12. The van der Waals surface area contributed by atoms with E-state index in [2.05, 4.69) is 25.1 Å². The number of nitrogens with two attached hydrogens (primary N) is 1. The fourth-order valence-corrected chi connectivity index (χ4v) is 4.56. The van der Waals surface area contributed by atoms with Gasteiger partial charge in [0.05, 0.1) is 22.7 Å². The van der Waals surface area contributed by atoms with Crippen LogP contribution in [0.5, 0.6) is 0 Å². The van der Waals surface area contributed by atoms with E-state index in [1.54, 1.807) is 25.3 Å². The molecule has 0 radical (unpaired) electrons. The second kappa shape index (κ2) is 11.1. The molecule has 4 N–H and O–H groups in total. The number of aryl methyl sites for hydroxylation is 2. The number of nitrogens with zero attached hydrogens (tertiary/aromatic N) is 3. The summed E-state index contributed by atoms with van der Waals surface area (Å²) in [6.07, 6.45) is 4.31. The molecule has 37 heavy (non-hydrogen) atoms. The van der Waals surface area contributed by atoms with E-state index in [0.717, 1.165) is 34.7 Å². The summed E-state index contributed by atoms with van der Waals surface area (Å²) in [5.74, 6) is 0.164. The van der Waals surface area contributed by atoms with Crippen LogP contribution in [-0.2, 0) is 16.9 Å². The molecule has 2 heterocycles. The Bertz CT molecular complexity index is 1500. The monoisotopic (exact) mass is 620 g/mol. The van der Waals surface area contributed by atoms with Crippen LogP contribution in [0.15, 0.2) is 72.0 Å². The van der Waals surface area contributed by atoms with E-state index in [1.807, 2.05) is 35.0 Å². The van der Waals surface area contributed by atoms with Crippen LogP contribution < -0.4 is 16.4 Å². The van der Waals surface area contributed by atoms with E-state index in [4.69, 9.17) is 5.73 Å². The number of halogens is 4. The van der Waals surface area contributed by atoms with Gasteiger partial charge in [0, 0.05) is 29.9 Å². The molecule has 7 nitrogen and oxygen atoms in total. The van der Waals surface area contributed by atoms with Gasteiger partial charge in [0.1, 0.15) is 5.82 Å². The predicted molar refractivity (Wildman–Crippen MR) is 151 cm³/mol. The summed E-state index contributed by atoms with van der Waals surface area (Å²) in [4.78, 5) is 21.0. The number of anilines is 2. The molecule has 0 spiro atoms. The molecule has 192 valence electrons. The van der Waals surface area contributed by atoms with Gasteiger partial charge in [0.15, 0.2) is 5.82 Å². The first-order chi connectivity index (χ1) is 17.7. The number of nitrogens with one attached hydrogen (secondary N) is 2. The predicted octanol–water partition coefficient (Wildman–Crippen LogP) is 6.52. The highest BCUT2D eigenvalue weighted by Crippen LogP contribution is 2.40. The molecule has 2 amide bonds. The number of aromatic nitrogens is 2. The number of hydrogen-bond acceptors (Lipinski definition) is 3. The topological polar surface area (TPSA) is 97.3 Å². The number of benzene rings is 2.